The third kappa shape index (κ3) is 5.19. The first-order valence-corrected chi connectivity index (χ1v) is 9.93. The van der Waals surface area contributed by atoms with Crippen molar-refractivity contribution in [3.63, 3.8) is 0 Å². The first-order chi connectivity index (χ1) is 12.2. The van der Waals surface area contributed by atoms with E-state index in [9.17, 15) is 0 Å². The predicted octanol–water partition coefficient (Wildman–Crippen LogP) is 4.07. The normalized spacial score (nSPS) is 15.3. The van der Waals surface area contributed by atoms with E-state index in [0.29, 0.717) is 0 Å². The number of aryl methyl sites for hydroxylation is 2. The molecule has 6 heteroatoms. The topological polar surface area (TPSA) is 49.3 Å². The summed E-state index contributed by atoms with van der Waals surface area (Å²) < 4.78 is 0. The van der Waals surface area contributed by atoms with Crippen LogP contribution in [0.15, 0.2) is 35.5 Å². The molecule has 142 valence electrons. The van der Waals surface area contributed by atoms with Gasteiger partial charge in [-0.25, -0.2) is 4.98 Å². The summed E-state index contributed by atoms with van der Waals surface area (Å²) in [4.78, 5) is 10.2. The molecule has 0 amide bonds. The number of aliphatic imine (C=N–C) groups is 1. The minimum atomic E-state index is 0. The van der Waals surface area contributed by atoms with Crippen LogP contribution in [-0.2, 0) is 18.3 Å². The average Bonchev–Trinajstić information content (AvgIpc) is 3.27. The van der Waals surface area contributed by atoms with E-state index in [1.807, 2.05) is 24.6 Å². The van der Waals surface area contributed by atoms with Crippen LogP contribution in [0.1, 0.15) is 40.8 Å². The Morgan fingerprint density at radius 1 is 1.27 bits per heavy atom. The van der Waals surface area contributed by atoms with Crippen molar-refractivity contribution in [2.45, 2.75) is 44.9 Å². The summed E-state index contributed by atoms with van der Waals surface area (Å²) in [6.07, 6.45) is 6.50. The van der Waals surface area contributed by atoms with Crippen LogP contribution in [0, 0.1) is 6.92 Å². The summed E-state index contributed by atoms with van der Waals surface area (Å²) in [5.41, 5.74) is 3.15. The number of hydrogen-bond donors (Lipinski definition) is 2. The number of halogens is 1. The van der Waals surface area contributed by atoms with Crippen LogP contribution in [-0.4, -0.2) is 31.1 Å². The highest BCUT2D eigenvalue weighted by atomic mass is 127. The molecule has 26 heavy (non-hydrogen) atoms. The Balaban J connectivity index is 0.00000243. The number of rotatable bonds is 7. The number of hydrogen-bond acceptors (Lipinski definition) is 3. The van der Waals surface area contributed by atoms with Gasteiger partial charge < -0.3 is 10.6 Å². The molecule has 0 radical (unpaired) electrons. The first kappa shape index (κ1) is 21.2. The molecule has 0 spiro atoms. The van der Waals surface area contributed by atoms with E-state index < -0.39 is 0 Å². The van der Waals surface area contributed by atoms with Crippen LogP contribution in [0.25, 0.3) is 0 Å². The molecule has 2 N–H and O–H groups in total. The summed E-state index contributed by atoms with van der Waals surface area (Å²) in [6.45, 7) is 6.17. The van der Waals surface area contributed by atoms with E-state index in [0.717, 1.165) is 31.9 Å². The van der Waals surface area contributed by atoms with E-state index in [-0.39, 0.29) is 29.4 Å². The van der Waals surface area contributed by atoms with E-state index in [4.69, 9.17) is 0 Å². The van der Waals surface area contributed by atoms with Crippen LogP contribution in [0.3, 0.4) is 0 Å². The zero-order valence-electron chi connectivity index (χ0n) is 15.8. The van der Waals surface area contributed by atoms with Gasteiger partial charge in [0.15, 0.2) is 5.96 Å². The number of benzene rings is 1. The Kier molecular flexibility index (Phi) is 7.88. The summed E-state index contributed by atoms with van der Waals surface area (Å²) in [5.74, 6) is 0.882. The maximum atomic E-state index is 4.47. The largest absolute Gasteiger partial charge is 0.356 e. The van der Waals surface area contributed by atoms with Crippen molar-refractivity contribution < 1.29 is 0 Å². The van der Waals surface area contributed by atoms with E-state index in [1.165, 1.54) is 33.9 Å². The van der Waals surface area contributed by atoms with E-state index >= 15 is 0 Å². The van der Waals surface area contributed by atoms with Crippen LogP contribution in [0.5, 0.6) is 0 Å². The number of guanidine groups is 1. The lowest BCUT2D eigenvalue weighted by atomic mass is 9.92. The minimum absolute atomic E-state index is 0. The molecule has 0 atom stereocenters. The fraction of sp³-hybridized carbons (Fsp3) is 0.500. The summed E-state index contributed by atoms with van der Waals surface area (Å²) >= 11 is 1.81. The zero-order valence-corrected chi connectivity index (χ0v) is 19.0. The zero-order chi connectivity index (χ0) is 17.7. The lowest BCUT2D eigenvalue weighted by Crippen LogP contribution is -2.42. The SMILES string of the molecule is CCc1cnc(CCNC(=NC)NCC2(c3ccccc3C)CC2)s1.I. The van der Waals surface area contributed by atoms with Crippen molar-refractivity contribution in [1.82, 2.24) is 15.6 Å². The Morgan fingerprint density at radius 2 is 2.04 bits per heavy atom. The van der Waals surface area contributed by atoms with Crippen molar-refractivity contribution in [2.75, 3.05) is 20.1 Å². The fourth-order valence-corrected chi connectivity index (χ4v) is 4.11. The second-order valence-corrected chi connectivity index (χ2v) is 7.97. The molecule has 3 rings (SSSR count). The molecule has 1 aliphatic carbocycles. The molecule has 1 aromatic carbocycles. The minimum Gasteiger partial charge on any atom is -0.356 e. The second kappa shape index (κ2) is 9.69. The summed E-state index contributed by atoms with van der Waals surface area (Å²) in [6, 6.07) is 8.74. The monoisotopic (exact) mass is 484 g/mol. The van der Waals surface area contributed by atoms with Gasteiger partial charge in [-0.1, -0.05) is 31.2 Å². The van der Waals surface area contributed by atoms with Crippen LogP contribution in [0.4, 0.5) is 0 Å². The quantitative estimate of drug-likeness (QED) is 0.354. The van der Waals surface area contributed by atoms with Gasteiger partial charge in [0.25, 0.3) is 0 Å². The molecule has 4 nitrogen and oxygen atoms in total. The van der Waals surface area contributed by atoms with E-state index in [2.05, 4.69) is 58.7 Å². The van der Waals surface area contributed by atoms with Crippen LogP contribution < -0.4 is 10.6 Å². The molecule has 0 aliphatic heterocycles. The lowest BCUT2D eigenvalue weighted by Gasteiger charge is -2.20. The van der Waals surface area contributed by atoms with Gasteiger partial charge in [0.05, 0.1) is 5.01 Å². The molecule has 0 saturated heterocycles. The summed E-state index contributed by atoms with van der Waals surface area (Å²) in [5, 5.41) is 8.13. The Hall–Kier alpha value is -1.15. The van der Waals surface area contributed by atoms with Gasteiger partial charge in [0, 0.05) is 43.0 Å². The highest BCUT2D eigenvalue weighted by Gasteiger charge is 2.44. The molecule has 0 bridgehead atoms. The van der Waals surface area contributed by atoms with Crippen molar-refractivity contribution >= 4 is 41.3 Å². The maximum absolute atomic E-state index is 4.47. The molecule has 2 aromatic rings. The van der Waals surface area contributed by atoms with Gasteiger partial charge in [0.1, 0.15) is 0 Å². The molecule has 1 fully saturated rings. The Morgan fingerprint density at radius 3 is 2.65 bits per heavy atom. The third-order valence-corrected chi connectivity index (χ3v) is 6.17. The molecular weight excluding hydrogens is 455 g/mol. The highest BCUT2D eigenvalue weighted by Crippen LogP contribution is 2.48. The van der Waals surface area contributed by atoms with Gasteiger partial charge in [-0.2, -0.15) is 0 Å². The van der Waals surface area contributed by atoms with Crippen LogP contribution in [0.2, 0.25) is 0 Å². The van der Waals surface area contributed by atoms with Gasteiger partial charge in [-0.3, -0.25) is 4.99 Å². The lowest BCUT2D eigenvalue weighted by molar-refractivity contribution is 0.642. The van der Waals surface area contributed by atoms with Gasteiger partial charge in [-0.15, -0.1) is 35.3 Å². The molecule has 1 aromatic heterocycles. The standard InChI is InChI=1S/C20H28N4S.HI/c1-4-16-13-23-18(25-16)9-12-22-19(21-3)24-14-20(10-11-20)17-8-6-5-7-15(17)2;/h5-8,13H,4,9-12,14H2,1-3H3,(H2,21,22,24);1H. The van der Waals surface area contributed by atoms with Gasteiger partial charge in [0.2, 0.25) is 0 Å². The van der Waals surface area contributed by atoms with Crippen molar-refractivity contribution in [2.24, 2.45) is 4.99 Å². The number of nitrogens with one attached hydrogen (secondary N) is 2. The average molecular weight is 484 g/mol. The third-order valence-electron chi connectivity index (χ3n) is 4.97. The Bertz CT molecular complexity index is 737. The van der Waals surface area contributed by atoms with Crippen molar-refractivity contribution in [3.05, 3.63) is 51.5 Å². The number of nitrogens with zero attached hydrogens (tertiary/aromatic N) is 2. The fourth-order valence-electron chi connectivity index (χ4n) is 3.25. The molecule has 0 unspecified atom stereocenters. The smallest absolute Gasteiger partial charge is 0.191 e. The number of aromatic nitrogens is 1. The molecule has 1 aliphatic rings. The highest BCUT2D eigenvalue weighted by molar-refractivity contribution is 14.0. The van der Waals surface area contributed by atoms with Crippen molar-refractivity contribution in [3.8, 4) is 0 Å². The second-order valence-electron chi connectivity index (χ2n) is 6.77. The van der Waals surface area contributed by atoms with Crippen molar-refractivity contribution in [1.29, 1.82) is 0 Å². The van der Waals surface area contributed by atoms with Crippen LogP contribution >= 0.6 is 35.3 Å². The van der Waals surface area contributed by atoms with E-state index in [1.54, 1.807) is 0 Å². The van der Waals surface area contributed by atoms with Gasteiger partial charge >= 0.3 is 0 Å². The summed E-state index contributed by atoms with van der Waals surface area (Å²) in [7, 11) is 1.83. The first-order valence-electron chi connectivity index (χ1n) is 9.11. The number of thiazole rings is 1. The van der Waals surface area contributed by atoms with Gasteiger partial charge in [-0.05, 0) is 37.3 Å². The molecular formula is C20H29IN4S. The molecule has 1 saturated carbocycles. The Labute approximate surface area is 177 Å². The maximum Gasteiger partial charge on any atom is 0.191 e. The molecule has 1 heterocycles. The predicted molar refractivity (Wildman–Crippen MR) is 122 cm³/mol.